The van der Waals surface area contributed by atoms with Gasteiger partial charge in [-0.3, -0.25) is 9.69 Å². The topological polar surface area (TPSA) is 35.6 Å². The first-order chi connectivity index (χ1) is 8.58. The Balaban J connectivity index is 0.00000180. The molecule has 0 radical (unpaired) electrons. The van der Waals surface area contributed by atoms with Gasteiger partial charge in [-0.15, -0.1) is 12.4 Å². The maximum absolute atomic E-state index is 12.5. The molecule has 1 N–H and O–H groups in total. The molecule has 3 unspecified atom stereocenters. The summed E-state index contributed by atoms with van der Waals surface area (Å²) in [7, 11) is 0. The maximum atomic E-state index is 12.5. The van der Waals surface area contributed by atoms with Gasteiger partial charge in [0.05, 0.1) is 6.04 Å². The molecular weight excluding hydrogens is 262 g/mol. The van der Waals surface area contributed by atoms with Crippen molar-refractivity contribution in [2.24, 2.45) is 0 Å². The third kappa shape index (κ3) is 4.33. The van der Waals surface area contributed by atoms with Crippen LogP contribution in [0, 0.1) is 0 Å². The molecule has 2 saturated heterocycles. The Hall–Kier alpha value is -0.320. The average Bonchev–Trinajstić information content (AvgIpc) is 2.37. The van der Waals surface area contributed by atoms with Gasteiger partial charge >= 0.3 is 0 Å². The molecule has 0 bridgehead atoms. The monoisotopic (exact) mass is 289 g/mol. The first kappa shape index (κ1) is 16.7. The molecule has 2 heterocycles. The minimum absolute atomic E-state index is 0. The van der Waals surface area contributed by atoms with Crippen molar-refractivity contribution in [3.8, 4) is 0 Å². The Bertz CT molecular complexity index is 284. The number of hydrogen-bond donors (Lipinski definition) is 1. The van der Waals surface area contributed by atoms with E-state index in [1.54, 1.807) is 0 Å². The summed E-state index contributed by atoms with van der Waals surface area (Å²) in [6, 6.07) is 0.991. The fraction of sp³-hybridized carbons (Fsp3) is 0.929. The van der Waals surface area contributed by atoms with E-state index in [0.717, 1.165) is 26.2 Å². The second kappa shape index (κ2) is 7.46. The summed E-state index contributed by atoms with van der Waals surface area (Å²) in [5.74, 6) is 0.330. The predicted molar refractivity (Wildman–Crippen MR) is 80.8 cm³/mol. The largest absolute Gasteiger partial charge is 0.341 e. The molecule has 2 aliphatic heterocycles. The van der Waals surface area contributed by atoms with E-state index in [-0.39, 0.29) is 18.4 Å². The summed E-state index contributed by atoms with van der Waals surface area (Å²) in [5, 5.41) is 3.52. The quantitative estimate of drug-likeness (QED) is 0.837. The zero-order valence-corrected chi connectivity index (χ0v) is 13.2. The first-order valence-electron chi connectivity index (χ1n) is 7.37. The molecule has 0 aliphatic carbocycles. The molecule has 1 amide bonds. The van der Waals surface area contributed by atoms with Crippen molar-refractivity contribution >= 4 is 18.3 Å². The van der Waals surface area contributed by atoms with Crippen molar-refractivity contribution in [1.29, 1.82) is 0 Å². The predicted octanol–water partition coefficient (Wildman–Crippen LogP) is 1.49. The summed E-state index contributed by atoms with van der Waals surface area (Å²) in [4.78, 5) is 16.9. The van der Waals surface area contributed by atoms with Crippen LogP contribution in [0.4, 0.5) is 0 Å². The number of carbonyl (C=O) groups excluding carboxylic acids is 1. The van der Waals surface area contributed by atoms with Crippen LogP contribution in [0.1, 0.15) is 40.0 Å². The number of piperidine rings is 1. The van der Waals surface area contributed by atoms with Crippen LogP contribution in [0.15, 0.2) is 0 Å². The summed E-state index contributed by atoms with van der Waals surface area (Å²) in [6.07, 6.45) is 3.62. The summed E-state index contributed by atoms with van der Waals surface area (Å²) in [6.45, 7) is 10.3. The first-order valence-corrected chi connectivity index (χ1v) is 7.37. The van der Waals surface area contributed by atoms with Crippen LogP contribution in [0.2, 0.25) is 0 Å². The molecule has 0 spiro atoms. The number of nitrogens with one attached hydrogen (secondary N) is 1. The molecule has 0 aromatic heterocycles. The van der Waals surface area contributed by atoms with Crippen molar-refractivity contribution < 1.29 is 4.79 Å². The lowest BCUT2D eigenvalue weighted by molar-refractivity contribution is -0.138. The van der Waals surface area contributed by atoms with Crippen molar-refractivity contribution in [3.05, 3.63) is 0 Å². The molecular formula is C14H28ClN3O. The fourth-order valence-electron chi connectivity index (χ4n) is 3.22. The highest BCUT2D eigenvalue weighted by Gasteiger charge is 2.31. The number of amides is 1. The Kier molecular flexibility index (Phi) is 6.57. The summed E-state index contributed by atoms with van der Waals surface area (Å²) >= 11 is 0. The van der Waals surface area contributed by atoms with Gasteiger partial charge < -0.3 is 10.2 Å². The number of nitrogens with zero attached hydrogens (tertiary/aromatic N) is 2. The number of piperazine rings is 1. The van der Waals surface area contributed by atoms with Crippen LogP contribution in [-0.4, -0.2) is 60.0 Å². The molecule has 3 atom stereocenters. The van der Waals surface area contributed by atoms with E-state index in [9.17, 15) is 4.79 Å². The second-order valence-corrected chi connectivity index (χ2v) is 5.98. The van der Waals surface area contributed by atoms with Gasteiger partial charge in [-0.05, 0) is 40.0 Å². The molecule has 2 rings (SSSR count). The molecule has 0 aromatic carbocycles. The molecule has 2 fully saturated rings. The number of hydrogen-bond acceptors (Lipinski definition) is 3. The van der Waals surface area contributed by atoms with Crippen molar-refractivity contribution in [2.45, 2.75) is 58.2 Å². The maximum Gasteiger partial charge on any atom is 0.239 e. The van der Waals surface area contributed by atoms with Gasteiger partial charge in [0, 0.05) is 38.3 Å². The van der Waals surface area contributed by atoms with E-state index in [2.05, 4.69) is 35.9 Å². The Morgan fingerprint density at radius 3 is 2.16 bits per heavy atom. The highest BCUT2D eigenvalue weighted by atomic mass is 35.5. The number of carbonyl (C=O) groups is 1. The Morgan fingerprint density at radius 1 is 1.11 bits per heavy atom. The van der Waals surface area contributed by atoms with Crippen LogP contribution in [0.3, 0.4) is 0 Å². The smallest absolute Gasteiger partial charge is 0.239 e. The van der Waals surface area contributed by atoms with Gasteiger partial charge in [-0.1, -0.05) is 0 Å². The third-order valence-corrected chi connectivity index (χ3v) is 4.16. The van der Waals surface area contributed by atoms with E-state index in [1.165, 1.54) is 19.3 Å². The van der Waals surface area contributed by atoms with Crippen molar-refractivity contribution in [2.75, 3.05) is 26.2 Å². The van der Waals surface area contributed by atoms with Crippen LogP contribution in [-0.2, 0) is 4.79 Å². The minimum Gasteiger partial charge on any atom is -0.341 e. The van der Waals surface area contributed by atoms with Crippen LogP contribution >= 0.6 is 12.4 Å². The second-order valence-electron chi connectivity index (χ2n) is 5.98. The number of halogens is 1. The van der Waals surface area contributed by atoms with Crippen molar-refractivity contribution in [1.82, 2.24) is 15.1 Å². The number of likely N-dealkylation sites (tertiary alicyclic amines) is 1. The minimum atomic E-state index is 0. The summed E-state index contributed by atoms with van der Waals surface area (Å²) in [5.41, 5.74) is 0. The van der Waals surface area contributed by atoms with Gasteiger partial charge in [0.15, 0.2) is 0 Å². The number of rotatable bonds is 2. The Labute approximate surface area is 123 Å². The highest BCUT2D eigenvalue weighted by molar-refractivity contribution is 5.85. The molecule has 4 nitrogen and oxygen atoms in total. The van der Waals surface area contributed by atoms with Gasteiger partial charge in [-0.2, -0.15) is 0 Å². The molecule has 0 aromatic rings. The van der Waals surface area contributed by atoms with Gasteiger partial charge in [0.2, 0.25) is 5.91 Å². The van der Waals surface area contributed by atoms with Gasteiger partial charge in [-0.25, -0.2) is 0 Å². The molecule has 0 saturated carbocycles. The average molecular weight is 290 g/mol. The Morgan fingerprint density at radius 2 is 1.63 bits per heavy atom. The SMILES string of the molecule is CC1CN(C(C)C(=O)N2CCCCC2)CC(C)N1.Cl. The van der Waals surface area contributed by atoms with Crippen molar-refractivity contribution in [3.63, 3.8) is 0 Å². The standard InChI is InChI=1S/C14H27N3O.ClH/c1-11-9-17(10-12(2)15-11)13(3)14(18)16-7-5-4-6-8-16;/h11-13,15H,4-10H2,1-3H3;1H. The lowest BCUT2D eigenvalue weighted by Crippen LogP contribution is -2.59. The van der Waals surface area contributed by atoms with Gasteiger partial charge in [0.25, 0.3) is 0 Å². The zero-order chi connectivity index (χ0) is 13.1. The highest BCUT2D eigenvalue weighted by Crippen LogP contribution is 2.14. The van der Waals surface area contributed by atoms with Crippen LogP contribution < -0.4 is 5.32 Å². The van der Waals surface area contributed by atoms with E-state index in [0.29, 0.717) is 18.0 Å². The third-order valence-electron chi connectivity index (χ3n) is 4.16. The van der Waals surface area contributed by atoms with E-state index >= 15 is 0 Å². The molecule has 112 valence electrons. The fourth-order valence-corrected chi connectivity index (χ4v) is 3.22. The van der Waals surface area contributed by atoms with E-state index in [4.69, 9.17) is 0 Å². The lowest BCUT2D eigenvalue weighted by Gasteiger charge is -2.41. The van der Waals surface area contributed by atoms with E-state index < -0.39 is 0 Å². The van der Waals surface area contributed by atoms with Crippen LogP contribution in [0.25, 0.3) is 0 Å². The zero-order valence-electron chi connectivity index (χ0n) is 12.4. The van der Waals surface area contributed by atoms with E-state index in [1.807, 2.05) is 0 Å². The summed E-state index contributed by atoms with van der Waals surface area (Å²) < 4.78 is 0. The normalized spacial score (nSPS) is 30.6. The van der Waals surface area contributed by atoms with Crippen LogP contribution in [0.5, 0.6) is 0 Å². The molecule has 19 heavy (non-hydrogen) atoms. The lowest BCUT2D eigenvalue weighted by atomic mass is 10.1. The molecule has 5 heteroatoms. The van der Waals surface area contributed by atoms with Gasteiger partial charge in [0.1, 0.15) is 0 Å². The molecule has 2 aliphatic rings.